The van der Waals surface area contributed by atoms with Gasteiger partial charge in [-0.15, -0.1) is 0 Å². The van der Waals surface area contributed by atoms with E-state index in [1.54, 1.807) is 13.3 Å². The highest BCUT2D eigenvalue weighted by Crippen LogP contribution is 2.28. The largest absolute Gasteiger partial charge is 0.495 e. The molecule has 2 aromatic rings. The first-order chi connectivity index (χ1) is 9.26. The van der Waals surface area contributed by atoms with Crippen LogP contribution in [-0.4, -0.2) is 18.6 Å². The highest BCUT2D eigenvalue weighted by Gasteiger charge is 2.13. The lowest BCUT2D eigenvalue weighted by atomic mass is 10.0. The molecule has 1 heterocycles. The number of hydrogen-bond donors (Lipinski definition) is 2. The Morgan fingerprint density at radius 3 is 2.79 bits per heavy atom. The number of anilines is 1. The quantitative estimate of drug-likeness (QED) is 0.864. The molecule has 0 saturated carbocycles. The smallest absolute Gasteiger partial charge is 0.141 e. The Balaban J connectivity index is 2.27. The standard InChI is InChI=1S/C15H19N3O/c1-11-7-8-17-10-12(11)14(9-16)18-13-5-3-4-6-15(13)19-2/h3-8,10,14,18H,9,16H2,1-2H3. The van der Waals surface area contributed by atoms with Crippen molar-refractivity contribution >= 4 is 5.69 Å². The number of benzene rings is 1. The minimum atomic E-state index is 0.0185. The van der Waals surface area contributed by atoms with Gasteiger partial charge in [0.05, 0.1) is 18.8 Å². The molecule has 0 bridgehead atoms. The third-order valence-corrected chi connectivity index (χ3v) is 3.13. The lowest BCUT2D eigenvalue weighted by Gasteiger charge is -2.21. The molecule has 100 valence electrons. The molecule has 4 heteroatoms. The zero-order chi connectivity index (χ0) is 13.7. The lowest BCUT2D eigenvalue weighted by molar-refractivity contribution is 0.416. The van der Waals surface area contributed by atoms with Crippen molar-refractivity contribution in [3.8, 4) is 5.75 Å². The molecule has 4 nitrogen and oxygen atoms in total. The minimum absolute atomic E-state index is 0.0185. The summed E-state index contributed by atoms with van der Waals surface area (Å²) in [4.78, 5) is 4.17. The van der Waals surface area contributed by atoms with Gasteiger partial charge in [-0.3, -0.25) is 4.98 Å². The number of rotatable bonds is 5. The van der Waals surface area contributed by atoms with Gasteiger partial charge in [0, 0.05) is 18.9 Å². The monoisotopic (exact) mass is 257 g/mol. The molecule has 1 aromatic carbocycles. The van der Waals surface area contributed by atoms with Crippen LogP contribution in [0.25, 0.3) is 0 Å². The molecule has 1 aromatic heterocycles. The van der Waals surface area contributed by atoms with Gasteiger partial charge in [-0.05, 0) is 36.2 Å². The highest BCUT2D eigenvalue weighted by atomic mass is 16.5. The molecule has 0 aliphatic heterocycles. The van der Waals surface area contributed by atoms with Crippen molar-refractivity contribution in [3.63, 3.8) is 0 Å². The van der Waals surface area contributed by atoms with Crippen LogP contribution in [0.1, 0.15) is 17.2 Å². The Labute approximate surface area is 113 Å². The fourth-order valence-electron chi connectivity index (χ4n) is 2.06. The van der Waals surface area contributed by atoms with Crippen molar-refractivity contribution in [3.05, 3.63) is 53.9 Å². The lowest BCUT2D eigenvalue weighted by Crippen LogP contribution is -2.21. The summed E-state index contributed by atoms with van der Waals surface area (Å²) in [6.07, 6.45) is 3.64. The first-order valence-corrected chi connectivity index (χ1v) is 6.26. The van der Waals surface area contributed by atoms with Crippen LogP contribution in [0.15, 0.2) is 42.7 Å². The Hall–Kier alpha value is -2.07. The maximum atomic E-state index is 5.88. The molecule has 0 fully saturated rings. The summed E-state index contributed by atoms with van der Waals surface area (Å²) in [5.41, 5.74) is 9.10. The maximum Gasteiger partial charge on any atom is 0.141 e. The van der Waals surface area contributed by atoms with E-state index >= 15 is 0 Å². The molecule has 2 rings (SSSR count). The van der Waals surface area contributed by atoms with E-state index in [0.29, 0.717) is 6.54 Å². The van der Waals surface area contributed by atoms with Crippen molar-refractivity contribution in [1.82, 2.24) is 4.98 Å². The van der Waals surface area contributed by atoms with Gasteiger partial charge in [0.1, 0.15) is 5.75 Å². The van der Waals surface area contributed by atoms with E-state index in [9.17, 15) is 0 Å². The number of para-hydroxylation sites is 2. The molecular weight excluding hydrogens is 238 g/mol. The topological polar surface area (TPSA) is 60.2 Å². The molecule has 0 aliphatic rings. The van der Waals surface area contributed by atoms with Gasteiger partial charge < -0.3 is 15.8 Å². The first-order valence-electron chi connectivity index (χ1n) is 6.26. The number of aryl methyl sites for hydroxylation is 1. The third-order valence-electron chi connectivity index (χ3n) is 3.13. The predicted octanol–water partition coefficient (Wildman–Crippen LogP) is 2.51. The summed E-state index contributed by atoms with van der Waals surface area (Å²) in [5, 5.41) is 3.42. The number of ether oxygens (including phenoxy) is 1. The Morgan fingerprint density at radius 1 is 1.32 bits per heavy atom. The number of nitrogens with zero attached hydrogens (tertiary/aromatic N) is 1. The number of aromatic nitrogens is 1. The second kappa shape index (κ2) is 6.20. The molecule has 0 amide bonds. The number of hydrogen-bond acceptors (Lipinski definition) is 4. The summed E-state index contributed by atoms with van der Waals surface area (Å²) in [5.74, 6) is 0.808. The minimum Gasteiger partial charge on any atom is -0.495 e. The SMILES string of the molecule is COc1ccccc1NC(CN)c1cnccc1C. The van der Waals surface area contributed by atoms with E-state index in [4.69, 9.17) is 10.5 Å². The van der Waals surface area contributed by atoms with E-state index in [1.807, 2.05) is 36.5 Å². The fraction of sp³-hybridized carbons (Fsp3) is 0.267. The second-order valence-electron chi connectivity index (χ2n) is 4.37. The normalized spacial score (nSPS) is 11.9. The van der Waals surface area contributed by atoms with Gasteiger partial charge in [0.2, 0.25) is 0 Å². The average Bonchev–Trinajstić information content (AvgIpc) is 2.46. The van der Waals surface area contributed by atoms with E-state index in [1.165, 1.54) is 5.56 Å². The Bertz CT molecular complexity index is 542. The highest BCUT2D eigenvalue weighted by molar-refractivity contribution is 5.57. The fourth-order valence-corrected chi connectivity index (χ4v) is 2.06. The number of pyridine rings is 1. The van der Waals surface area contributed by atoms with Crippen molar-refractivity contribution in [1.29, 1.82) is 0 Å². The molecule has 0 saturated heterocycles. The molecule has 19 heavy (non-hydrogen) atoms. The summed E-state index contributed by atoms with van der Waals surface area (Å²) >= 11 is 0. The van der Waals surface area contributed by atoms with E-state index < -0.39 is 0 Å². The van der Waals surface area contributed by atoms with Crippen molar-refractivity contribution in [2.24, 2.45) is 5.73 Å². The zero-order valence-corrected chi connectivity index (χ0v) is 11.3. The number of methoxy groups -OCH3 is 1. The van der Waals surface area contributed by atoms with Gasteiger partial charge in [0.25, 0.3) is 0 Å². The Morgan fingerprint density at radius 2 is 2.11 bits per heavy atom. The zero-order valence-electron chi connectivity index (χ0n) is 11.3. The molecule has 1 atom stereocenters. The van der Waals surface area contributed by atoms with Crippen LogP contribution in [0.3, 0.4) is 0 Å². The Kier molecular flexibility index (Phi) is 4.36. The molecule has 0 spiro atoms. The van der Waals surface area contributed by atoms with Crippen LogP contribution in [-0.2, 0) is 0 Å². The van der Waals surface area contributed by atoms with Crippen LogP contribution in [0.4, 0.5) is 5.69 Å². The van der Waals surface area contributed by atoms with Gasteiger partial charge >= 0.3 is 0 Å². The van der Waals surface area contributed by atoms with E-state index in [2.05, 4.69) is 17.2 Å². The van der Waals surface area contributed by atoms with Crippen LogP contribution in [0, 0.1) is 6.92 Å². The number of nitrogens with one attached hydrogen (secondary N) is 1. The van der Waals surface area contributed by atoms with Crippen molar-refractivity contribution in [2.75, 3.05) is 19.0 Å². The van der Waals surface area contributed by atoms with Crippen LogP contribution in [0.5, 0.6) is 5.75 Å². The summed E-state index contributed by atoms with van der Waals surface area (Å²) in [6.45, 7) is 2.55. The van der Waals surface area contributed by atoms with Crippen LogP contribution in [0.2, 0.25) is 0 Å². The van der Waals surface area contributed by atoms with Crippen LogP contribution < -0.4 is 15.8 Å². The van der Waals surface area contributed by atoms with Gasteiger partial charge in [-0.2, -0.15) is 0 Å². The van der Waals surface area contributed by atoms with Gasteiger partial charge in [-0.1, -0.05) is 12.1 Å². The van der Waals surface area contributed by atoms with Crippen molar-refractivity contribution in [2.45, 2.75) is 13.0 Å². The van der Waals surface area contributed by atoms with Crippen LogP contribution >= 0.6 is 0 Å². The summed E-state index contributed by atoms with van der Waals surface area (Å²) in [6, 6.07) is 9.82. The van der Waals surface area contributed by atoms with E-state index in [-0.39, 0.29) is 6.04 Å². The predicted molar refractivity (Wildman–Crippen MR) is 77.4 cm³/mol. The average molecular weight is 257 g/mol. The second-order valence-corrected chi connectivity index (χ2v) is 4.37. The molecule has 0 aliphatic carbocycles. The molecule has 3 N–H and O–H groups in total. The van der Waals surface area contributed by atoms with Crippen molar-refractivity contribution < 1.29 is 4.74 Å². The number of nitrogens with two attached hydrogens (primary N) is 1. The molecular formula is C15H19N3O. The summed E-state index contributed by atoms with van der Waals surface area (Å²) in [7, 11) is 1.66. The van der Waals surface area contributed by atoms with Gasteiger partial charge in [0.15, 0.2) is 0 Å². The third kappa shape index (κ3) is 3.03. The first kappa shape index (κ1) is 13.4. The van der Waals surface area contributed by atoms with E-state index in [0.717, 1.165) is 17.0 Å². The summed E-state index contributed by atoms with van der Waals surface area (Å²) < 4.78 is 5.34. The molecule has 0 radical (unpaired) electrons. The maximum absolute atomic E-state index is 5.88. The van der Waals surface area contributed by atoms with Gasteiger partial charge in [-0.25, -0.2) is 0 Å². The molecule has 1 unspecified atom stereocenters.